The normalized spacial score (nSPS) is 13.3. The van der Waals surface area contributed by atoms with Crippen molar-refractivity contribution >= 4 is 17.4 Å². The highest BCUT2D eigenvalue weighted by atomic mass is 35.5. The van der Waals surface area contributed by atoms with Gasteiger partial charge in [-0.15, -0.1) is 0 Å². The summed E-state index contributed by atoms with van der Waals surface area (Å²) in [6.07, 6.45) is 5.29. The van der Waals surface area contributed by atoms with Gasteiger partial charge in [0, 0.05) is 23.5 Å². The van der Waals surface area contributed by atoms with Gasteiger partial charge < -0.3 is 4.74 Å². The first-order chi connectivity index (χ1) is 16.5. The molecule has 178 valence electrons. The van der Waals surface area contributed by atoms with E-state index in [1.165, 1.54) is 12.8 Å². The number of Topliss-reactive ketones (excluding diaryl/α,β-unsaturated/α-hetero) is 1. The van der Waals surface area contributed by atoms with Crippen molar-refractivity contribution in [3.8, 4) is 28.5 Å². The average Bonchev–Trinajstić information content (AvgIpc) is 3.67. The minimum atomic E-state index is -0.501. The minimum Gasteiger partial charge on any atom is -0.493 e. The molecule has 1 aliphatic carbocycles. The largest absolute Gasteiger partial charge is 0.493 e. The molecule has 1 aromatic heterocycles. The molecule has 0 spiro atoms. The Kier molecular flexibility index (Phi) is 7.78. The van der Waals surface area contributed by atoms with Crippen molar-refractivity contribution in [1.82, 2.24) is 15.0 Å². The van der Waals surface area contributed by atoms with Gasteiger partial charge in [-0.1, -0.05) is 31.5 Å². The third kappa shape index (κ3) is 6.11. The molecule has 1 N–H and O–H groups in total. The van der Waals surface area contributed by atoms with Gasteiger partial charge in [0.15, 0.2) is 5.82 Å². The molecule has 0 amide bonds. The summed E-state index contributed by atoms with van der Waals surface area (Å²) in [5.74, 6) is 2.53. The number of nitrogens with one attached hydrogen (secondary N) is 1. The molecule has 3 aromatic rings. The number of ketones is 1. The summed E-state index contributed by atoms with van der Waals surface area (Å²) in [4.78, 5) is 36.1. The Labute approximate surface area is 204 Å². The van der Waals surface area contributed by atoms with Gasteiger partial charge >= 0.3 is 5.69 Å². The zero-order valence-corrected chi connectivity index (χ0v) is 20.4. The molecule has 1 heterocycles. The van der Waals surface area contributed by atoms with Crippen LogP contribution in [0, 0.1) is 11.8 Å². The van der Waals surface area contributed by atoms with Crippen LogP contribution in [0.2, 0.25) is 5.02 Å². The Morgan fingerprint density at radius 2 is 1.85 bits per heavy atom. The summed E-state index contributed by atoms with van der Waals surface area (Å²) >= 11 is 6.46. The summed E-state index contributed by atoms with van der Waals surface area (Å²) in [5.41, 5.74) is 1.80. The summed E-state index contributed by atoms with van der Waals surface area (Å²) in [6, 6.07) is 13.0. The maximum atomic E-state index is 12.4. The van der Waals surface area contributed by atoms with E-state index in [9.17, 15) is 9.59 Å². The summed E-state index contributed by atoms with van der Waals surface area (Å²) in [7, 11) is 0. The van der Waals surface area contributed by atoms with Gasteiger partial charge in [-0.25, -0.2) is 9.78 Å². The maximum absolute atomic E-state index is 12.4. The molecule has 1 saturated carbocycles. The summed E-state index contributed by atoms with van der Waals surface area (Å²) in [5, 5.41) is 0.471. The molecule has 0 bridgehead atoms. The van der Waals surface area contributed by atoms with Crippen molar-refractivity contribution in [3.63, 3.8) is 0 Å². The fraction of sp³-hybridized carbons (Fsp3) is 0.407. The number of benzene rings is 2. The van der Waals surface area contributed by atoms with Gasteiger partial charge in [0.25, 0.3) is 0 Å². The van der Waals surface area contributed by atoms with Crippen molar-refractivity contribution in [2.24, 2.45) is 11.8 Å². The average molecular weight is 480 g/mol. The van der Waals surface area contributed by atoms with E-state index in [-0.39, 0.29) is 11.7 Å². The standard InChI is InChI=1S/C27H30ClN3O3/c1-3-19(4-2)24(32)14-8-17-7-13-23(28)22(15-17)26-29-25(30-27(33)31-26)20-9-11-21(12-10-20)34-16-18-5-6-18/h7,9-13,15,18-19H,3-6,8,14,16H2,1-2H3,(H,29,30,31,33). The number of halogens is 1. The Hall–Kier alpha value is -2.99. The highest BCUT2D eigenvalue weighted by molar-refractivity contribution is 6.33. The van der Waals surface area contributed by atoms with Crippen LogP contribution in [0.4, 0.5) is 0 Å². The number of hydrogen-bond acceptors (Lipinski definition) is 5. The molecule has 34 heavy (non-hydrogen) atoms. The third-order valence-electron chi connectivity index (χ3n) is 6.33. The number of ether oxygens (including phenoxy) is 1. The summed E-state index contributed by atoms with van der Waals surface area (Å²) in [6.45, 7) is 4.83. The van der Waals surface area contributed by atoms with Crippen molar-refractivity contribution in [2.45, 2.75) is 52.4 Å². The Morgan fingerprint density at radius 3 is 2.53 bits per heavy atom. The highest BCUT2D eigenvalue weighted by Crippen LogP contribution is 2.30. The topological polar surface area (TPSA) is 84.9 Å². The van der Waals surface area contributed by atoms with E-state index >= 15 is 0 Å². The van der Waals surface area contributed by atoms with Gasteiger partial charge in [-0.2, -0.15) is 4.98 Å². The molecule has 1 aliphatic rings. The van der Waals surface area contributed by atoms with E-state index in [1.807, 2.05) is 50.2 Å². The number of nitrogens with zero attached hydrogens (tertiary/aromatic N) is 2. The molecule has 7 heteroatoms. The molecule has 0 saturated heterocycles. The molecule has 6 nitrogen and oxygen atoms in total. The number of carbonyl (C=O) groups is 1. The van der Waals surface area contributed by atoms with Crippen LogP contribution in [0.5, 0.6) is 5.75 Å². The number of aryl methyl sites for hydroxylation is 1. The lowest BCUT2D eigenvalue weighted by atomic mass is 9.93. The molecule has 0 aliphatic heterocycles. The second kappa shape index (κ2) is 11.0. The lowest BCUT2D eigenvalue weighted by Gasteiger charge is -2.12. The van der Waals surface area contributed by atoms with E-state index in [2.05, 4.69) is 15.0 Å². The number of aromatic nitrogens is 3. The van der Waals surface area contributed by atoms with Gasteiger partial charge in [0.2, 0.25) is 0 Å². The van der Waals surface area contributed by atoms with Gasteiger partial charge in [0.1, 0.15) is 17.4 Å². The van der Waals surface area contributed by atoms with E-state index in [4.69, 9.17) is 16.3 Å². The Morgan fingerprint density at radius 1 is 1.12 bits per heavy atom. The fourth-order valence-electron chi connectivity index (χ4n) is 3.96. The lowest BCUT2D eigenvalue weighted by molar-refractivity contribution is -0.123. The smallest absolute Gasteiger partial charge is 0.348 e. The first-order valence-electron chi connectivity index (χ1n) is 12.0. The van der Waals surface area contributed by atoms with Crippen LogP contribution in [0.1, 0.15) is 51.5 Å². The first kappa shape index (κ1) is 24.1. The molecule has 2 aromatic carbocycles. The van der Waals surface area contributed by atoms with Crippen molar-refractivity contribution < 1.29 is 9.53 Å². The van der Waals surface area contributed by atoms with Gasteiger partial charge in [-0.3, -0.25) is 9.78 Å². The van der Waals surface area contributed by atoms with Crippen LogP contribution in [0.3, 0.4) is 0 Å². The lowest BCUT2D eigenvalue weighted by Crippen LogP contribution is -2.15. The van der Waals surface area contributed by atoms with Gasteiger partial charge in [0.05, 0.1) is 11.6 Å². The number of aromatic amines is 1. The predicted molar refractivity (Wildman–Crippen MR) is 134 cm³/mol. The number of carbonyl (C=O) groups excluding carboxylic acids is 1. The fourth-order valence-corrected chi connectivity index (χ4v) is 4.17. The van der Waals surface area contributed by atoms with E-state index in [0.717, 1.165) is 30.8 Å². The van der Waals surface area contributed by atoms with E-state index < -0.39 is 5.69 Å². The molecule has 4 rings (SSSR count). The molecule has 1 fully saturated rings. The van der Waals surface area contributed by atoms with E-state index in [1.54, 1.807) is 6.07 Å². The third-order valence-corrected chi connectivity index (χ3v) is 6.66. The Balaban J connectivity index is 1.54. The van der Waals surface area contributed by atoms with Crippen molar-refractivity contribution in [1.29, 1.82) is 0 Å². The quantitative estimate of drug-likeness (QED) is 0.371. The zero-order chi connectivity index (χ0) is 24.1. The highest BCUT2D eigenvalue weighted by Gasteiger charge is 2.22. The second-order valence-corrected chi connectivity index (χ2v) is 9.31. The molecular formula is C27H30ClN3O3. The first-order valence-corrected chi connectivity index (χ1v) is 12.4. The maximum Gasteiger partial charge on any atom is 0.348 e. The summed E-state index contributed by atoms with van der Waals surface area (Å²) < 4.78 is 5.79. The van der Waals surface area contributed by atoms with Crippen LogP contribution in [0.15, 0.2) is 47.3 Å². The Bertz CT molecular complexity index is 1200. The van der Waals surface area contributed by atoms with Crippen molar-refractivity contribution in [2.75, 3.05) is 6.61 Å². The van der Waals surface area contributed by atoms with Crippen molar-refractivity contribution in [3.05, 3.63) is 63.5 Å². The monoisotopic (exact) mass is 479 g/mol. The van der Waals surface area contributed by atoms with Crippen LogP contribution in [0.25, 0.3) is 22.8 Å². The second-order valence-electron chi connectivity index (χ2n) is 8.90. The minimum absolute atomic E-state index is 0.109. The molecule has 0 atom stereocenters. The number of H-pyrrole nitrogens is 1. The number of hydrogen-bond donors (Lipinski definition) is 1. The zero-order valence-electron chi connectivity index (χ0n) is 19.6. The SMILES string of the molecule is CCC(CC)C(=O)CCc1ccc(Cl)c(-c2nc(-c3ccc(OCC4CC4)cc3)nc(=O)[nH]2)c1. The molecule has 0 unspecified atom stereocenters. The van der Waals surface area contributed by atoms with Gasteiger partial charge in [-0.05, 0) is 80.0 Å². The van der Waals surface area contributed by atoms with Crippen LogP contribution >= 0.6 is 11.6 Å². The number of rotatable bonds is 11. The molecular weight excluding hydrogens is 450 g/mol. The van der Waals surface area contributed by atoms with Crippen LogP contribution in [-0.2, 0) is 11.2 Å². The predicted octanol–water partition coefficient (Wildman–Crippen LogP) is 5.88. The van der Waals surface area contributed by atoms with E-state index in [0.29, 0.717) is 46.6 Å². The van der Waals surface area contributed by atoms with Crippen LogP contribution < -0.4 is 10.4 Å². The molecule has 0 radical (unpaired) electrons. The van der Waals surface area contributed by atoms with Crippen LogP contribution in [-0.4, -0.2) is 27.3 Å².